The monoisotopic (exact) mass is 455 g/mol. The van der Waals surface area contributed by atoms with E-state index in [9.17, 15) is 41.4 Å². The molecule has 2 amide bonds. The van der Waals surface area contributed by atoms with Crippen LogP contribution < -0.4 is 10.7 Å². The van der Waals surface area contributed by atoms with E-state index in [1.807, 2.05) is 0 Å². The molecule has 168 valence electrons. The fraction of sp³-hybridized carbons (Fsp3) is 0.350. The summed E-state index contributed by atoms with van der Waals surface area (Å²) in [6.07, 6.45) is -2.59. The molecular formula is C20H14F5N3O4. The first-order valence-electron chi connectivity index (χ1n) is 9.60. The SMILES string of the molecule is O=C(NCc1c(F)cc(F)cc1F)c1cn2c(c(O)c1=O)C(=O)N1[C@H]3C(F)C(F)C3[C@@H]1C2. The molecule has 7 nitrogen and oxygen atoms in total. The second-order valence-corrected chi connectivity index (χ2v) is 7.99. The van der Waals surface area contributed by atoms with Crippen molar-refractivity contribution in [1.82, 2.24) is 14.8 Å². The van der Waals surface area contributed by atoms with Gasteiger partial charge in [0.1, 0.15) is 29.2 Å². The number of nitrogens with zero attached hydrogens (tertiary/aromatic N) is 2. The highest BCUT2D eigenvalue weighted by molar-refractivity contribution is 6.00. The first-order chi connectivity index (χ1) is 15.1. The molecule has 12 heteroatoms. The van der Waals surface area contributed by atoms with E-state index in [0.29, 0.717) is 12.1 Å². The predicted octanol–water partition coefficient (Wildman–Crippen LogP) is 1.41. The molecule has 32 heavy (non-hydrogen) atoms. The summed E-state index contributed by atoms with van der Waals surface area (Å²) in [6.45, 7) is -0.802. The molecule has 0 radical (unpaired) electrons. The molecule has 3 aliphatic rings. The summed E-state index contributed by atoms with van der Waals surface area (Å²) in [7, 11) is 0. The number of alkyl halides is 2. The molecule has 1 saturated carbocycles. The van der Waals surface area contributed by atoms with E-state index in [1.165, 1.54) is 0 Å². The molecule has 1 aromatic carbocycles. The normalized spacial score (nSPS) is 27.6. The average Bonchev–Trinajstić information content (AvgIpc) is 2.71. The topological polar surface area (TPSA) is 91.6 Å². The lowest BCUT2D eigenvalue weighted by Crippen LogP contribution is -2.82. The van der Waals surface area contributed by atoms with Crippen molar-refractivity contribution in [1.29, 1.82) is 0 Å². The number of halogens is 5. The minimum Gasteiger partial charge on any atom is -0.503 e. The van der Waals surface area contributed by atoms with Crippen molar-refractivity contribution >= 4 is 11.8 Å². The molecule has 1 saturated heterocycles. The number of nitrogens with one attached hydrogen (secondary N) is 1. The summed E-state index contributed by atoms with van der Waals surface area (Å²) in [5.41, 5.74) is -2.94. The maximum atomic E-state index is 13.8. The number of amides is 2. The Morgan fingerprint density at radius 3 is 2.44 bits per heavy atom. The van der Waals surface area contributed by atoms with Crippen LogP contribution in [0.1, 0.15) is 26.4 Å². The minimum atomic E-state index is -1.84. The standard InChI is InChI=1S/C20H14F5N3O4/c21-6-1-9(22)7(10(23)2-6)3-26-19(31)8-4-27-5-11-12-13(24)14(25)15(12)28(11)20(32)16(27)18(30)17(8)29/h1-2,4,11-15,30H,3,5H2,(H,26,31)/t11-,12?,13?,14?,15+/m0/s1. The Hall–Kier alpha value is -3.44. The Balaban J connectivity index is 1.43. The Morgan fingerprint density at radius 2 is 1.78 bits per heavy atom. The number of pyridine rings is 1. The van der Waals surface area contributed by atoms with Gasteiger partial charge in [0.25, 0.3) is 11.8 Å². The molecule has 3 unspecified atom stereocenters. The third-order valence-corrected chi connectivity index (χ3v) is 6.37. The molecule has 2 aromatic rings. The fourth-order valence-electron chi connectivity index (χ4n) is 4.74. The summed E-state index contributed by atoms with van der Waals surface area (Å²) < 4.78 is 69.2. The van der Waals surface area contributed by atoms with Crippen LogP contribution in [0, 0.1) is 23.4 Å². The van der Waals surface area contributed by atoms with Gasteiger partial charge in [0.2, 0.25) is 5.43 Å². The van der Waals surface area contributed by atoms with E-state index in [-0.39, 0.29) is 6.54 Å². The molecule has 0 spiro atoms. The summed E-state index contributed by atoms with van der Waals surface area (Å²) in [5, 5.41) is 12.4. The summed E-state index contributed by atoms with van der Waals surface area (Å²) in [4.78, 5) is 38.7. The van der Waals surface area contributed by atoms with Crippen LogP contribution in [0.25, 0.3) is 0 Å². The van der Waals surface area contributed by atoms with Crippen molar-refractivity contribution in [3.05, 3.63) is 62.8 Å². The van der Waals surface area contributed by atoms with E-state index in [2.05, 4.69) is 5.32 Å². The minimum absolute atomic E-state index is 0.0787. The molecule has 2 aliphatic heterocycles. The van der Waals surface area contributed by atoms with Crippen LogP contribution in [0.3, 0.4) is 0 Å². The molecule has 3 heterocycles. The number of rotatable bonds is 3. The number of aromatic hydroxyl groups is 1. The third kappa shape index (κ3) is 2.61. The number of carbonyl (C=O) groups is 2. The largest absolute Gasteiger partial charge is 0.503 e. The number of aromatic nitrogens is 1. The molecule has 5 rings (SSSR count). The molecule has 2 fully saturated rings. The summed E-state index contributed by atoms with van der Waals surface area (Å²) in [6, 6.07) is -0.793. The zero-order chi connectivity index (χ0) is 23.1. The predicted molar refractivity (Wildman–Crippen MR) is 96.9 cm³/mol. The van der Waals surface area contributed by atoms with Crippen LogP contribution in [-0.4, -0.2) is 50.8 Å². The van der Waals surface area contributed by atoms with Crippen molar-refractivity contribution in [2.75, 3.05) is 0 Å². The van der Waals surface area contributed by atoms with E-state index in [0.717, 1.165) is 15.7 Å². The Morgan fingerprint density at radius 1 is 1.12 bits per heavy atom. The quantitative estimate of drug-likeness (QED) is 0.685. The highest BCUT2D eigenvalue weighted by Crippen LogP contribution is 2.53. The second kappa shape index (κ2) is 6.78. The molecular weight excluding hydrogens is 441 g/mol. The highest BCUT2D eigenvalue weighted by atomic mass is 19.2. The summed E-state index contributed by atoms with van der Waals surface area (Å²) in [5.74, 6) is -7.36. The highest BCUT2D eigenvalue weighted by Gasteiger charge is 2.70. The van der Waals surface area contributed by atoms with Crippen molar-refractivity contribution < 1.29 is 36.6 Å². The second-order valence-electron chi connectivity index (χ2n) is 7.99. The van der Waals surface area contributed by atoms with E-state index in [4.69, 9.17) is 0 Å². The third-order valence-electron chi connectivity index (χ3n) is 6.37. The van der Waals surface area contributed by atoms with Gasteiger partial charge in [-0.1, -0.05) is 0 Å². The van der Waals surface area contributed by atoms with Crippen LogP contribution in [0.15, 0.2) is 23.1 Å². The van der Waals surface area contributed by atoms with Crippen LogP contribution in [-0.2, 0) is 13.1 Å². The maximum Gasteiger partial charge on any atom is 0.275 e. The average molecular weight is 455 g/mol. The van der Waals surface area contributed by atoms with Crippen LogP contribution in [0.4, 0.5) is 22.0 Å². The van der Waals surface area contributed by atoms with Gasteiger partial charge in [-0.3, -0.25) is 14.4 Å². The molecule has 0 bridgehead atoms. The zero-order valence-corrected chi connectivity index (χ0v) is 16.0. The fourth-order valence-corrected chi connectivity index (χ4v) is 4.74. The molecule has 5 atom stereocenters. The number of hydrogen-bond acceptors (Lipinski definition) is 4. The van der Waals surface area contributed by atoms with Crippen LogP contribution >= 0.6 is 0 Å². The van der Waals surface area contributed by atoms with Gasteiger partial charge in [-0.25, -0.2) is 22.0 Å². The molecule has 2 N–H and O–H groups in total. The van der Waals surface area contributed by atoms with Gasteiger partial charge in [0.15, 0.2) is 17.6 Å². The van der Waals surface area contributed by atoms with Crippen molar-refractivity contribution in [2.45, 2.75) is 37.5 Å². The van der Waals surface area contributed by atoms with Gasteiger partial charge in [-0.2, -0.15) is 0 Å². The number of benzene rings is 1. The van der Waals surface area contributed by atoms with Gasteiger partial charge < -0.3 is 19.9 Å². The maximum absolute atomic E-state index is 13.8. The van der Waals surface area contributed by atoms with E-state index < -0.39 is 94.2 Å². The smallest absolute Gasteiger partial charge is 0.275 e. The number of hydrogen-bond donors (Lipinski definition) is 2. The van der Waals surface area contributed by atoms with E-state index >= 15 is 0 Å². The molecule has 1 aromatic heterocycles. The lowest BCUT2D eigenvalue weighted by molar-refractivity contribution is -0.202. The lowest BCUT2D eigenvalue weighted by atomic mass is 9.61. The number of carbonyl (C=O) groups excluding carboxylic acids is 2. The first kappa shape index (κ1) is 20.5. The Bertz CT molecular complexity index is 1230. The number of piperidine rings is 1. The lowest BCUT2D eigenvalue weighted by Gasteiger charge is -2.65. The Labute approximate surface area is 176 Å². The summed E-state index contributed by atoms with van der Waals surface area (Å²) >= 11 is 0. The van der Waals surface area contributed by atoms with Gasteiger partial charge >= 0.3 is 0 Å². The van der Waals surface area contributed by atoms with Crippen molar-refractivity contribution in [3.8, 4) is 5.75 Å². The van der Waals surface area contributed by atoms with Crippen molar-refractivity contribution in [3.63, 3.8) is 0 Å². The van der Waals surface area contributed by atoms with Crippen LogP contribution in [0.2, 0.25) is 0 Å². The van der Waals surface area contributed by atoms with Gasteiger partial charge in [-0.15, -0.1) is 0 Å². The van der Waals surface area contributed by atoms with Crippen molar-refractivity contribution in [2.24, 2.45) is 5.92 Å². The van der Waals surface area contributed by atoms with Gasteiger partial charge in [0, 0.05) is 42.9 Å². The Kier molecular flexibility index (Phi) is 4.33. The first-order valence-corrected chi connectivity index (χ1v) is 9.60. The number of fused-ring (bicyclic) bond motifs is 5. The zero-order valence-electron chi connectivity index (χ0n) is 16.0. The van der Waals surface area contributed by atoms with Gasteiger partial charge in [0.05, 0.1) is 12.1 Å². The van der Waals surface area contributed by atoms with Gasteiger partial charge in [-0.05, 0) is 0 Å². The molecule has 1 aliphatic carbocycles. The van der Waals surface area contributed by atoms with E-state index in [1.54, 1.807) is 0 Å². The van der Waals surface area contributed by atoms with Crippen LogP contribution in [0.5, 0.6) is 5.75 Å².